The molecule has 204 valence electrons. The van der Waals surface area contributed by atoms with Crippen LogP contribution in [0.3, 0.4) is 0 Å². The Bertz CT molecular complexity index is 1010. The van der Waals surface area contributed by atoms with Crippen molar-refractivity contribution in [1.82, 2.24) is 9.80 Å². The Kier molecular flexibility index (Phi) is 8.26. The second kappa shape index (κ2) is 11.1. The highest BCUT2D eigenvalue weighted by atomic mass is 16.5. The maximum atomic E-state index is 14.2. The van der Waals surface area contributed by atoms with Crippen LogP contribution in [0.25, 0.3) is 0 Å². The fraction of sp³-hybridized carbons (Fsp3) is 0.679. The Balaban J connectivity index is 1.70. The molecule has 3 saturated heterocycles. The van der Waals surface area contributed by atoms with Crippen LogP contribution in [0.4, 0.5) is 5.69 Å². The summed E-state index contributed by atoms with van der Waals surface area (Å²) in [7, 11) is 1.57. The zero-order valence-electron chi connectivity index (χ0n) is 22.9. The second-order valence-electron chi connectivity index (χ2n) is 11.7. The first-order chi connectivity index (χ1) is 17.5. The van der Waals surface area contributed by atoms with Crippen LogP contribution in [-0.4, -0.2) is 98.6 Å². The normalized spacial score (nSPS) is 25.4. The largest absolute Gasteiger partial charge is 0.377 e. The van der Waals surface area contributed by atoms with Gasteiger partial charge in [-0.25, -0.2) is 0 Å². The zero-order valence-corrected chi connectivity index (χ0v) is 22.9. The molecule has 3 aliphatic heterocycles. The number of Topliss-reactive ketones (excluding diaryl/α,β-unsaturated/α-hetero) is 1. The van der Waals surface area contributed by atoms with Gasteiger partial charge in [0.2, 0.25) is 11.8 Å². The number of carbonyl (C=O) groups is 3. The number of methoxy groups -OCH3 is 1. The van der Waals surface area contributed by atoms with E-state index in [0.717, 1.165) is 44.8 Å². The lowest BCUT2D eigenvalue weighted by Crippen LogP contribution is -2.46. The number of nitrogens with zero attached hydrogens (tertiary/aromatic N) is 3. The molecule has 0 aliphatic carbocycles. The van der Waals surface area contributed by atoms with Crippen LogP contribution in [0.1, 0.15) is 62.4 Å². The third-order valence-corrected chi connectivity index (χ3v) is 7.79. The number of piperazine rings is 1. The van der Waals surface area contributed by atoms with Crippen LogP contribution in [-0.2, 0) is 19.1 Å². The van der Waals surface area contributed by atoms with Gasteiger partial charge >= 0.3 is 0 Å². The van der Waals surface area contributed by atoms with Crippen LogP contribution in [0.2, 0.25) is 0 Å². The average molecular weight is 515 g/mol. The van der Waals surface area contributed by atoms with E-state index in [-0.39, 0.29) is 36.4 Å². The van der Waals surface area contributed by atoms with E-state index >= 15 is 0 Å². The highest BCUT2D eigenvalue weighted by Crippen LogP contribution is 2.39. The molecule has 0 bridgehead atoms. The van der Waals surface area contributed by atoms with Gasteiger partial charge in [-0.1, -0.05) is 27.7 Å². The van der Waals surface area contributed by atoms with Crippen LogP contribution in [0.15, 0.2) is 18.2 Å². The number of hydrogen-bond donors (Lipinski definition) is 1. The molecule has 2 amide bonds. The van der Waals surface area contributed by atoms with Crippen molar-refractivity contribution in [2.24, 2.45) is 11.1 Å². The summed E-state index contributed by atoms with van der Waals surface area (Å²) in [6.45, 7) is 13.5. The fourth-order valence-corrected chi connectivity index (χ4v) is 6.00. The molecule has 2 N–H and O–H groups in total. The van der Waals surface area contributed by atoms with E-state index in [1.54, 1.807) is 18.1 Å². The van der Waals surface area contributed by atoms with Crippen molar-refractivity contribution in [3.63, 3.8) is 0 Å². The van der Waals surface area contributed by atoms with Gasteiger partial charge in [0.05, 0.1) is 12.5 Å². The lowest BCUT2D eigenvalue weighted by atomic mass is 9.79. The molecule has 3 heterocycles. The van der Waals surface area contributed by atoms with Gasteiger partial charge in [0.1, 0.15) is 24.9 Å². The van der Waals surface area contributed by atoms with Gasteiger partial charge in [0.15, 0.2) is 5.78 Å². The van der Waals surface area contributed by atoms with Crippen LogP contribution < -0.4 is 10.6 Å². The molecule has 4 atom stereocenters. The smallest absolute Gasteiger partial charge is 0.249 e. The molecule has 0 saturated carbocycles. The van der Waals surface area contributed by atoms with Crippen LogP contribution in [0.5, 0.6) is 0 Å². The number of ketones is 1. The van der Waals surface area contributed by atoms with Gasteiger partial charge in [-0.2, -0.15) is 0 Å². The molecule has 0 spiro atoms. The number of nitrogens with two attached hydrogens (primary N) is 1. The molecule has 9 heteroatoms. The van der Waals surface area contributed by atoms with E-state index in [1.165, 1.54) is 0 Å². The molecule has 1 aromatic carbocycles. The Labute approximate surface area is 220 Å². The lowest BCUT2D eigenvalue weighted by Gasteiger charge is -2.37. The number of primary amides is 1. The number of amides is 2. The molecule has 3 fully saturated rings. The predicted molar refractivity (Wildman–Crippen MR) is 142 cm³/mol. The van der Waals surface area contributed by atoms with E-state index in [2.05, 4.69) is 37.5 Å². The summed E-state index contributed by atoms with van der Waals surface area (Å²) in [6, 6.07) is 4.99. The number of carbonyl (C=O) groups excluding carboxylic acids is 3. The van der Waals surface area contributed by atoms with Gasteiger partial charge in [0.25, 0.3) is 0 Å². The van der Waals surface area contributed by atoms with Gasteiger partial charge in [-0.15, -0.1) is 0 Å². The number of rotatable bonds is 8. The zero-order chi connectivity index (χ0) is 26.9. The average Bonchev–Trinajstić information content (AvgIpc) is 3.42. The Hall–Kier alpha value is -2.49. The Morgan fingerprint density at radius 2 is 1.89 bits per heavy atom. The molecule has 0 radical (unpaired) electrons. The van der Waals surface area contributed by atoms with Gasteiger partial charge in [-0.3, -0.25) is 19.3 Å². The first-order valence-corrected chi connectivity index (χ1v) is 13.4. The maximum Gasteiger partial charge on any atom is 0.249 e. The van der Waals surface area contributed by atoms with E-state index < -0.39 is 24.0 Å². The number of hydrogen-bond acceptors (Lipinski definition) is 7. The summed E-state index contributed by atoms with van der Waals surface area (Å²) in [4.78, 5) is 45.9. The topological polar surface area (TPSA) is 105 Å². The number of fused-ring (bicyclic) bond motifs is 1. The van der Waals surface area contributed by atoms with Gasteiger partial charge in [-0.05, 0) is 48.6 Å². The first kappa shape index (κ1) is 27.5. The fourth-order valence-electron chi connectivity index (χ4n) is 6.00. The minimum atomic E-state index is -0.660. The molecule has 4 rings (SSSR count). The highest BCUT2D eigenvalue weighted by Gasteiger charge is 2.53. The van der Waals surface area contributed by atoms with Crippen molar-refractivity contribution in [3.05, 3.63) is 29.3 Å². The quantitative estimate of drug-likeness (QED) is 0.566. The van der Waals surface area contributed by atoms with E-state index in [4.69, 9.17) is 15.2 Å². The standard InChI is InChI=1S/C28H42N4O5/c1-6-9-30-10-12-31(13-11-30)18-7-8-19(26(29)34)20(14-18)21(15-28(2,3)4)27(35)32-16-23(36-5)25-24(32)22(33)17-37-25/h7-8,14,21,23-25H,6,9-13,15-17H2,1-5H3,(H2,29,34)/t21-,23-,24+,25+/m0/s1. The number of ether oxygens (including phenoxy) is 2. The van der Waals surface area contributed by atoms with Crippen LogP contribution in [0, 0.1) is 5.41 Å². The summed E-state index contributed by atoms with van der Waals surface area (Å²) < 4.78 is 11.3. The first-order valence-electron chi connectivity index (χ1n) is 13.4. The van der Waals surface area contributed by atoms with Crippen LogP contribution >= 0.6 is 0 Å². The highest BCUT2D eigenvalue weighted by molar-refractivity contribution is 5.99. The minimum Gasteiger partial charge on any atom is -0.377 e. The molecule has 0 aromatic heterocycles. The maximum absolute atomic E-state index is 14.2. The molecule has 9 nitrogen and oxygen atoms in total. The van der Waals surface area contributed by atoms with Crippen molar-refractivity contribution in [3.8, 4) is 0 Å². The van der Waals surface area contributed by atoms with Gasteiger partial charge in [0, 0.05) is 44.5 Å². The summed E-state index contributed by atoms with van der Waals surface area (Å²) in [5, 5.41) is 0. The van der Waals surface area contributed by atoms with Crippen molar-refractivity contribution in [2.45, 2.75) is 64.7 Å². The summed E-state index contributed by atoms with van der Waals surface area (Å²) in [5.74, 6) is -1.49. The van der Waals surface area contributed by atoms with Crippen molar-refractivity contribution in [1.29, 1.82) is 0 Å². The van der Waals surface area contributed by atoms with Crippen molar-refractivity contribution in [2.75, 3.05) is 57.9 Å². The van der Waals surface area contributed by atoms with E-state index in [0.29, 0.717) is 17.5 Å². The Morgan fingerprint density at radius 1 is 1.19 bits per heavy atom. The van der Waals surface area contributed by atoms with E-state index in [9.17, 15) is 14.4 Å². The summed E-state index contributed by atoms with van der Waals surface area (Å²) >= 11 is 0. The monoisotopic (exact) mass is 514 g/mol. The summed E-state index contributed by atoms with van der Waals surface area (Å²) in [6.07, 6.45) is 0.805. The molecule has 1 aromatic rings. The number of likely N-dealkylation sites (tertiary alicyclic amines) is 1. The van der Waals surface area contributed by atoms with Gasteiger partial charge < -0.3 is 25.0 Å². The lowest BCUT2D eigenvalue weighted by molar-refractivity contribution is -0.138. The number of anilines is 1. The Morgan fingerprint density at radius 3 is 2.49 bits per heavy atom. The SMILES string of the molecule is CCCN1CCN(c2ccc(C(N)=O)c([C@H](CC(C)(C)C)C(=O)N3C[C@H](OC)[C@H]4OCC(=O)[C@H]43)c2)CC1. The van der Waals surface area contributed by atoms with E-state index in [1.807, 2.05) is 12.1 Å². The molecule has 3 aliphatic rings. The minimum absolute atomic E-state index is 0.0189. The van der Waals surface area contributed by atoms with Crippen molar-refractivity contribution >= 4 is 23.3 Å². The molecule has 37 heavy (non-hydrogen) atoms. The molecular formula is C28H42N4O5. The molecule has 0 unspecified atom stereocenters. The number of benzene rings is 1. The third-order valence-electron chi connectivity index (χ3n) is 7.79. The summed E-state index contributed by atoms with van der Waals surface area (Å²) in [5.41, 5.74) is 7.57. The predicted octanol–water partition coefficient (Wildman–Crippen LogP) is 2.03. The third kappa shape index (κ3) is 5.84. The molecular weight excluding hydrogens is 472 g/mol. The second-order valence-corrected chi connectivity index (χ2v) is 11.7. The van der Waals surface area contributed by atoms with Crippen molar-refractivity contribution < 1.29 is 23.9 Å².